The summed E-state index contributed by atoms with van der Waals surface area (Å²) in [5.41, 5.74) is 0.365. The average molecular weight is 436 g/mol. The van der Waals surface area contributed by atoms with Gasteiger partial charge in [-0.05, 0) is 72.1 Å². The summed E-state index contributed by atoms with van der Waals surface area (Å²) in [6.45, 7) is 12.4. The predicted octanol–water partition coefficient (Wildman–Crippen LogP) is 4.24. The van der Waals surface area contributed by atoms with E-state index in [1.165, 1.54) is 0 Å². The van der Waals surface area contributed by atoms with Gasteiger partial charge in [-0.1, -0.05) is 6.07 Å². The quantitative estimate of drug-likeness (QED) is 0.698. The molecule has 2 atom stereocenters. The molecule has 2 unspecified atom stereocenters. The Hall–Kier alpha value is -2.64. The van der Waals surface area contributed by atoms with Crippen LogP contribution in [0.5, 0.6) is 11.5 Å². The lowest BCUT2D eigenvalue weighted by atomic mass is 10.1. The van der Waals surface area contributed by atoms with Crippen molar-refractivity contribution in [2.24, 2.45) is 0 Å². The fourth-order valence-corrected chi connectivity index (χ4v) is 3.42. The van der Waals surface area contributed by atoms with Gasteiger partial charge in [0.25, 0.3) is 0 Å². The van der Waals surface area contributed by atoms with Crippen LogP contribution in [-0.2, 0) is 4.74 Å². The Morgan fingerprint density at radius 2 is 1.87 bits per heavy atom. The zero-order valence-electron chi connectivity index (χ0n) is 19.8. The third-order valence-electron chi connectivity index (χ3n) is 4.82. The number of piperidine rings is 1. The number of likely N-dealkylation sites (tertiary alicyclic amines) is 1. The number of nitrogens with one attached hydrogen (secondary N) is 2. The Morgan fingerprint density at radius 3 is 2.48 bits per heavy atom. The van der Waals surface area contributed by atoms with Gasteiger partial charge in [0, 0.05) is 19.1 Å². The van der Waals surface area contributed by atoms with Crippen LogP contribution in [0.2, 0.25) is 0 Å². The van der Waals surface area contributed by atoms with Gasteiger partial charge >= 0.3 is 12.1 Å². The van der Waals surface area contributed by atoms with Crippen LogP contribution in [0.1, 0.15) is 66.0 Å². The smallest absolute Gasteiger partial charge is 0.407 e. The molecule has 1 aliphatic rings. The van der Waals surface area contributed by atoms with E-state index in [4.69, 9.17) is 14.2 Å². The lowest BCUT2D eigenvalue weighted by molar-refractivity contribution is 0.0479. The second kappa shape index (κ2) is 10.6. The van der Waals surface area contributed by atoms with Gasteiger partial charge in [-0.15, -0.1) is 0 Å². The van der Waals surface area contributed by atoms with Crippen LogP contribution in [0, 0.1) is 0 Å². The predicted molar refractivity (Wildman–Crippen MR) is 120 cm³/mol. The topological polar surface area (TPSA) is 89.1 Å². The summed E-state index contributed by atoms with van der Waals surface area (Å²) in [6.07, 6.45) is 1.21. The Balaban J connectivity index is 1.95. The molecule has 2 rings (SSSR count). The number of amides is 3. The summed E-state index contributed by atoms with van der Waals surface area (Å²) in [6, 6.07) is 5.16. The molecule has 0 bridgehead atoms. The first kappa shape index (κ1) is 24.6. The monoisotopic (exact) mass is 435 g/mol. The average Bonchev–Trinajstić information content (AvgIpc) is 2.66. The van der Waals surface area contributed by atoms with E-state index in [1.807, 2.05) is 59.7 Å². The van der Waals surface area contributed by atoms with Crippen LogP contribution in [-0.4, -0.2) is 55.0 Å². The summed E-state index contributed by atoms with van der Waals surface area (Å²) < 4.78 is 16.5. The molecule has 174 valence electrons. The van der Waals surface area contributed by atoms with Crippen molar-refractivity contribution in [3.63, 3.8) is 0 Å². The fraction of sp³-hybridized carbons (Fsp3) is 0.652. The number of alkyl carbamates (subject to hydrolysis) is 1. The highest BCUT2D eigenvalue weighted by molar-refractivity contribution is 5.75. The lowest BCUT2D eigenvalue weighted by Gasteiger charge is -2.34. The molecule has 0 aromatic heterocycles. The minimum absolute atomic E-state index is 0.0400. The molecule has 31 heavy (non-hydrogen) atoms. The Morgan fingerprint density at radius 1 is 1.16 bits per heavy atom. The van der Waals surface area contributed by atoms with Gasteiger partial charge in [0.05, 0.1) is 19.3 Å². The molecule has 0 radical (unpaired) electrons. The first-order valence-corrected chi connectivity index (χ1v) is 10.9. The minimum atomic E-state index is -0.554. The van der Waals surface area contributed by atoms with E-state index < -0.39 is 11.7 Å². The third kappa shape index (κ3) is 7.84. The van der Waals surface area contributed by atoms with Crippen molar-refractivity contribution in [3.8, 4) is 11.5 Å². The first-order chi connectivity index (χ1) is 14.5. The van der Waals surface area contributed by atoms with Gasteiger partial charge in [-0.2, -0.15) is 0 Å². The largest absolute Gasteiger partial charge is 0.493 e. The standard InChI is InChI=1S/C23H37N3O5/c1-15(2)30-19-11-10-17(13-20(19)29-7)16(3)24-21(27)26-12-8-9-18(14-26)25-22(28)31-23(4,5)6/h10-11,13,15-16,18H,8-9,12,14H2,1-7H3,(H,24,27)(H,25,28). The zero-order chi connectivity index (χ0) is 23.2. The highest BCUT2D eigenvalue weighted by Gasteiger charge is 2.27. The van der Waals surface area contributed by atoms with E-state index in [1.54, 1.807) is 12.0 Å². The van der Waals surface area contributed by atoms with Crippen molar-refractivity contribution in [2.45, 2.75) is 78.2 Å². The van der Waals surface area contributed by atoms with Crippen molar-refractivity contribution in [2.75, 3.05) is 20.2 Å². The summed E-state index contributed by atoms with van der Waals surface area (Å²) in [4.78, 5) is 26.6. The molecule has 8 nitrogen and oxygen atoms in total. The maximum atomic E-state index is 12.8. The second-order valence-corrected chi connectivity index (χ2v) is 9.18. The Kier molecular flexibility index (Phi) is 8.42. The summed E-state index contributed by atoms with van der Waals surface area (Å²) in [5.74, 6) is 1.30. The highest BCUT2D eigenvalue weighted by Crippen LogP contribution is 2.31. The van der Waals surface area contributed by atoms with Gasteiger partial charge in [0.2, 0.25) is 0 Å². The highest BCUT2D eigenvalue weighted by atomic mass is 16.6. The van der Waals surface area contributed by atoms with Crippen LogP contribution in [0.25, 0.3) is 0 Å². The molecule has 0 saturated carbocycles. The molecule has 3 amide bonds. The molecule has 0 aliphatic carbocycles. The van der Waals surface area contributed by atoms with E-state index in [2.05, 4.69) is 10.6 Å². The normalized spacial score (nSPS) is 17.7. The molecule has 1 heterocycles. The van der Waals surface area contributed by atoms with Crippen molar-refractivity contribution in [3.05, 3.63) is 23.8 Å². The van der Waals surface area contributed by atoms with Crippen LogP contribution in [0.15, 0.2) is 18.2 Å². The fourth-order valence-electron chi connectivity index (χ4n) is 3.42. The summed E-state index contributed by atoms with van der Waals surface area (Å²) >= 11 is 0. The molecule has 1 aromatic carbocycles. The SMILES string of the molecule is COc1cc(C(C)NC(=O)N2CCCC(NC(=O)OC(C)(C)C)C2)ccc1OC(C)C. The number of benzene rings is 1. The summed E-state index contributed by atoms with van der Waals surface area (Å²) in [5, 5.41) is 5.91. The molecule has 8 heteroatoms. The van der Waals surface area contributed by atoms with Crippen molar-refractivity contribution >= 4 is 12.1 Å². The van der Waals surface area contributed by atoms with Gasteiger partial charge in [-0.3, -0.25) is 0 Å². The Bertz CT molecular complexity index is 760. The maximum Gasteiger partial charge on any atom is 0.407 e. The summed E-state index contributed by atoms with van der Waals surface area (Å²) in [7, 11) is 1.60. The van der Waals surface area contributed by atoms with E-state index in [0.29, 0.717) is 24.6 Å². The molecule has 0 spiro atoms. The lowest BCUT2D eigenvalue weighted by Crippen LogP contribution is -2.53. The van der Waals surface area contributed by atoms with E-state index in [9.17, 15) is 9.59 Å². The van der Waals surface area contributed by atoms with Crippen LogP contribution >= 0.6 is 0 Å². The number of carbonyl (C=O) groups is 2. The van der Waals surface area contributed by atoms with Crippen molar-refractivity contribution in [1.29, 1.82) is 0 Å². The van der Waals surface area contributed by atoms with Crippen molar-refractivity contribution < 1.29 is 23.8 Å². The van der Waals surface area contributed by atoms with Crippen LogP contribution in [0.3, 0.4) is 0 Å². The van der Waals surface area contributed by atoms with Gasteiger partial charge in [0.15, 0.2) is 11.5 Å². The van der Waals surface area contributed by atoms with Gasteiger partial charge in [0.1, 0.15) is 5.60 Å². The van der Waals surface area contributed by atoms with E-state index >= 15 is 0 Å². The Labute approximate surface area is 185 Å². The van der Waals surface area contributed by atoms with E-state index in [0.717, 1.165) is 18.4 Å². The molecule has 1 saturated heterocycles. The molecule has 1 aromatic rings. The molecular formula is C23H37N3O5. The number of carbonyl (C=O) groups excluding carboxylic acids is 2. The minimum Gasteiger partial charge on any atom is -0.493 e. The number of rotatable bonds is 6. The maximum absolute atomic E-state index is 12.8. The number of hydrogen-bond acceptors (Lipinski definition) is 5. The first-order valence-electron chi connectivity index (χ1n) is 10.9. The van der Waals surface area contributed by atoms with E-state index in [-0.39, 0.29) is 24.2 Å². The number of nitrogens with zero attached hydrogens (tertiary/aromatic N) is 1. The molecule has 1 aliphatic heterocycles. The van der Waals surface area contributed by atoms with Gasteiger partial charge in [-0.25, -0.2) is 9.59 Å². The molecule has 2 N–H and O–H groups in total. The number of ether oxygens (including phenoxy) is 3. The zero-order valence-corrected chi connectivity index (χ0v) is 19.8. The van der Waals surface area contributed by atoms with Gasteiger partial charge < -0.3 is 29.7 Å². The molecular weight excluding hydrogens is 398 g/mol. The number of methoxy groups -OCH3 is 1. The number of hydrogen-bond donors (Lipinski definition) is 2. The number of urea groups is 1. The second-order valence-electron chi connectivity index (χ2n) is 9.18. The molecule has 1 fully saturated rings. The van der Waals surface area contributed by atoms with Crippen molar-refractivity contribution in [1.82, 2.24) is 15.5 Å². The van der Waals surface area contributed by atoms with Crippen LogP contribution in [0.4, 0.5) is 9.59 Å². The third-order valence-corrected chi connectivity index (χ3v) is 4.82. The van der Waals surface area contributed by atoms with Crippen LogP contribution < -0.4 is 20.1 Å².